The van der Waals surface area contributed by atoms with Crippen LogP contribution in [0.1, 0.15) is 41.0 Å². The van der Waals surface area contributed by atoms with Crippen molar-refractivity contribution in [3.8, 4) is 0 Å². The number of halogens is 1. The van der Waals surface area contributed by atoms with Gasteiger partial charge in [-0.1, -0.05) is 13.8 Å². The zero-order valence-electron chi connectivity index (χ0n) is 14.6. The zero-order chi connectivity index (χ0) is 16.0. The first kappa shape index (κ1) is 21.3. The van der Waals surface area contributed by atoms with Gasteiger partial charge in [0, 0.05) is 26.7 Å². The lowest BCUT2D eigenvalue weighted by Gasteiger charge is -2.40. The molecule has 1 amide bonds. The smallest absolute Gasteiger partial charge is 0.410 e. The highest BCUT2D eigenvalue weighted by Crippen LogP contribution is 2.15. The average Bonchev–Trinajstić information content (AvgIpc) is 2.27. The molecule has 1 fully saturated rings. The summed E-state index contributed by atoms with van der Waals surface area (Å²) in [5.74, 6) is 1.46. The molecule has 0 aromatic heterocycles. The van der Waals surface area contributed by atoms with Gasteiger partial charge in [-0.05, 0) is 33.1 Å². The number of hydrogen-bond acceptors (Lipinski definition) is 3. The lowest BCUT2D eigenvalue weighted by Crippen LogP contribution is -2.63. The van der Waals surface area contributed by atoms with Gasteiger partial charge in [-0.25, -0.2) is 4.79 Å². The van der Waals surface area contributed by atoms with Crippen molar-refractivity contribution in [1.29, 1.82) is 0 Å². The molecule has 1 saturated heterocycles. The third-order valence-corrected chi connectivity index (χ3v) is 3.11. The lowest BCUT2D eigenvalue weighted by atomic mass is 10.1. The highest BCUT2D eigenvalue weighted by atomic mass is 127. The van der Waals surface area contributed by atoms with Crippen LogP contribution in [-0.2, 0) is 4.74 Å². The number of guanidine groups is 1. The van der Waals surface area contributed by atoms with Gasteiger partial charge in [0.05, 0.1) is 6.04 Å². The second-order valence-corrected chi connectivity index (χ2v) is 6.91. The molecule has 22 heavy (non-hydrogen) atoms. The number of carbonyl (C=O) groups is 1. The summed E-state index contributed by atoms with van der Waals surface area (Å²) in [4.78, 5) is 17.7. The van der Waals surface area contributed by atoms with E-state index >= 15 is 0 Å². The first-order chi connectivity index (χ1) is 9.71. The van der Waals surface area contributed by atoms with E-state index in [1.165, 1.54) is 0 Å². The Hall–Kier alpha value is -0.730. The number of aliphatic imine (C=N–C) groups is 1. The standard InChI is InChI=1S/C15H30N4O2.HI/c1-11(2)7-8-17-13(16-6)18-12-9-19(10-12)14(20)21-15(3,4)5;/h11-12H,7-10H2,1-6H3,(H2,16,17,18);1H. The maximum Gasteiger partial charge on any atom is 0.410 e. The second kappa shape index (κ2) is 9.42. The highest BCUT2D eigenvalue weighted by molar-refractivity contribution is 14.0. The third-order valence-electron chi connectivity index (χ3n) is 3.11. The summed E-state index contributed by atoms with van der Waals surface area (Å²) in [7, 11) is 1.76. The first-order valence-electron chi connectivity index (χ1n) is 7.66. The highest BCUT2D eigenvalue weighted by Gasteiger charge is 2.34. The van der Waals surface area contributed by atoms with Crippen LogP contribution < -0.4 is 10.6 Å². The summed E-state index contributed by atoms with van der Waals surface area (Å²) in [6, 6.07) is 0.239. The Bertz CT molecular complexity index is 374. The van der Waals surface area contributed by atoms with E-state index in [0.29, 0.717) is 19.0 Å². The van der Waals surface area contributed by atoms with Gasteiger partial charge in [0.2, 0.25) is 0 Å². The number of hydrogen-bond donors (Lipinski definition) is 2. The Labute approximate surface area is 151 Å². The number of ether oxygens (including phenoxy) is 1. The Morgan fingerprint density at radius 2 is 1.95 bits per heavy atom. The summed E-state index contributed by atoms with van der Waals surface area (Å²) in [5, 5.41) is 6.60. The summed E-state index contributed by atoms with van der Waals surface area (Å²) >= 11 is 0. The molecule has 6 nitrogen and oxygen atoms in total. The molecule has 1 rings (SSSR count). The van der Waals surface area contributed by atoms with Crippen molar-refractivity contribution in [3.05, 3.63) is 0 Å². The minimum Gasteiger partial charge on any atom is -0.444 e. The van der Waals surface area contributed by atoms with Gasteiger partial charge in [0.15, 0.2) is 5.96 Å². The van der Waals surface area contributed by atoms with E-state index < -0.39 is 5.60 Å². The second-order valence-electron chi connectivity index (χ2n) is 6.91. The first-order valence-corrected chi connectivity index (χ1v) is 7.66. The van der Waals surface area contributed by atoms with E-state index in [2.05, 4.69) is 29.5 Å². The lowest BCUT2D eigenvalue weighted by molar-refractivity contribution is 0.00701. The molecule has 0 bridgehead atoms. The molecule has 7 heteroatoms. The Kier molecular flexibility index (Phi) is 9.11. The molecule has 0 radical (unpaired) electrons. The summed E-state index contributed by atoms with van der Waals surface area (Å²) < 4.78 is 5.33. The molecule has 1 aliphatic heterocycles. The number of likely N-dealkylation sites (tertiary alicyclic amines) is 1. The van der Waals surface area contributed by atoms with Crippen molar-refractivity contribution < 1.29 is 9.53 Å². The molecule has 0 unspecified atom stereocenters. The minimum atomic E-state index is -0.440. The summed E-state index contributed by atoms with van der Waals surface area (Å²) in [6.45, 7) is 12.2. The summed E-state index contributed by atoms with van der Waals surface area (Å²) in [5.41, 5.74) is -0.440. The van der Waals surface area contributed by atoms with Gasteiger partial charge >= 0.3 is 6.09 Å². The Morgan fingerprint density at radius 1 is 1.36 bits per heavy atom. The predicted molar refractivity (Wildman–Crippen MR) is 101 cm³/mol. The van der Waals surface area contributed by atoms with Crippen LogP contribution >= 0.6 is 24.0 Å². The van der Waals surface area contributed by atoms with Crippen LogP contribution in [0.2, 0.25) is 0 Å². The van der Waals surface area contributed by atoms with E-state index in [4.69, 9.17) is 4.74 Å². The monoisotopic (exact) mass is 426 g/mol. The van der Waals surface area contributed by atoms with Gasteiger partial charge in [0.1, 0.15) is 5.60 Å². The van der Waals surface area contributed by atoms with Crippen molar-refractivity contribution in [2.45, 2.75) is 52.7 Å². The molecule has 1 aliphatic rings. The average molecular weight is 426 g/mol. The van der Waals surface area contributed by atoms with Crippen LogP contribution in [0.25, 0.3) is 0 Å². The van der Waals surface area contributed by atoms with Crippen molar-refractivity contribution in [2.75, 3.05) is 26.7 Å². The number of nitrogens with zero attached hydrogens (tertiary/aromatic N) is 2. The maximum atomic E-state index is 11.8. The predicted octanol–water partition coefficient (Wildman–Crippen LogP) is 2.43. The SMILES string of the molecule is CN=C(NCCC(C)C)NC1CN(C(=O)OC(C)(C)C)C1.I. The topological polar surface area (TPSA) is 66.0 Å². The Balaban J connectivity index is 0.00000441. The van der Waals surface area contributed by atoms with Gasteiger partial charge in [0.25, 0.3) is 0 Å². The van der Waals surface area contributed by atoms with Crippen molar-refractivity contribution in [2.24, 2.45) is 10.9 Å². The van der Waals surface area contributed by atoms with Gasteiger partial charge in [-0.15, -0.1) is 24.0 Å². The van der Waals surface area contributed by atoms with E-state index in [9.17, 15) is 4.79 Å². The summed E-state index contributed by atoms with van der Waals surface area (Å²) in [6.07, 6.45) is 0.860. The van der Waals surface area contributed by atoms with E-state index in [-0.39, 0.29) is 36.1 Å². The fraction of sp³-hybridized carbons (Fsp3) is 0.867. The van der Waals surface area contributed by atoms with Crippen LogP contribution in [0.3, 0.4) is 0 Å². The number of rotatable bonds is 4. The maximum absolute atomic E-state index is 11.8. The fourth-order valence-corrected chi connectivity index (χ4v) is 1.91. The number of nitrogens with one attached hydrogen (secondary N) is 2. The molecule has 2 N–H and O–H groups in total. The zero-order valence-corrected chi connectivity index (χ0v) is 16.9. The fourth-order valence-electron chi connectivity index (χ4n) is 1.91. The van der Waals surface area contributed by atoms with Crippen LogP contribution in [0, 0.1) is 5.92 Å². The normalized spacial score (nSPS) is 16.0. The molecular formula is C15H31IN4O2. The number of amides is 1. The van der Waals surface area contributed by atoms with Gasteiger partial charge < -0.3 is 20.3 Å². The molecule has 1 heterocycles. The minimum absolute atomic E-state index is 0. The molecule has 0 atom stereocenters. The van der Waals surface area contributed by atoms with Crippen LogP contribution in [0.5, 0.6) is 0 Å². The van der Waals surface area contributed by atoms with Crippen molar-refractivity contribution in [1.82, 2.24) is 15.5 Å². The third kappa shape index (κ3) is 8.05. The largest absolute Gasteiger partial charge is 0.444 e. The van der Waals surface area contributed by atoms with Crippen LogP contribution in [0.4, 0.5) is 4.79 Å². The van der Waals surface area contributed by atoms with Gasteiger partial charge in [-0.2, -0.15) is 0 Å². The van der Waals surface area contributed by atoms with E-state index in [0.717, 1.165) is 18.9 Å². The molecule has 0 spiro atoms. The molecule has 0 aromatic rings. The molecule has 0 aromatic carbocycles. The molecule has 0 saturated carbocycles. The molecular weight excluding hydrogens is 395 g/mol. The Morgan fingerprint density at radius 3 is 2.41 bits per heavy atom. The quantitative estimate of drug-likeness (QED) is 0.412. The van der Waals surface area contributed by atoms with Gasteiger partial charge in [-0.3, -0.25) is 4.99 Å². The molecule has 0 aliphatic carbocycles. The van der Waals surface area contributed by atoms with E-state index in [1.54, 1.807) is 11.9 Å². The van der Waals surface area contributed by atoms with Crippen LogP contribution in [0.15, 0.2) is 4.99 Å². The van der Waals surface area contributed by atoms with E-state index in [1.807, 2.05) is 20.8 Å². The van der Waals surface area contributed by atoms with Crippen molar-refractivity contribution >= 4 is 36.0 Å². The van der Waals surface area contributed by atoms with Crippen molar-refractivity contribution in [3.63, 3.8) is 0 Å². The number of carbonyl (C=O) groups excluding carboxylic acids is 1. The molecule has 130 valence electrons. The van der Waals surface area contributed by atoms with Crippen LogP contribution in [-0.4, -0.2) is 55.3 Å².